The van der Waals surface area contributed by atoms with Crippen molar-refractivity contribution in [2.24, 2.45) is 0 Å². The SMILES string of the molecule is CCOC(=O)c1cnc2nc(C)ccc2c1Nc1cc(Cl)ccc1C.Cl. The molecule has 0 bridgehead atoms. The predicted octanol–water partition coefficient (Wildman–Crippen LogP) is 5.24. The quantitative estimate of drug-likeness (QED) is 0.615. The molecule has 2 aromatic heterocycles. The van der Waals surface area contributed by atoms with E-state index in [4.69, 9.17) is 16.3 Å². The van der Waals surface area contributed by atoms with Crippen molar-refractivity contribution in [3.8, 4) is 0 Å². The Morgan fingerprint density at radius 1 is 1.23 bits per heavy atom. The second kappa shape index (κ2) is 8.34. The molecule has 0 radical (unpaired) electrons. The topological polar surface area (TPSA) is 64.1 Å². The first-order valence-electron chi connectivity index (χ1n) is 7.96. The highest BCUT2D eigenvalue weighted by atomic mass is 35.5. The zero-order valence-electron chi connectivity index (χ0n) is 14.7. The Hall–Kier alpha value is -2.37. The number of esters is 1. The van der Waals surface area contributed by atoms with Crippen LogP contribution in [-0.2, 0) is 4.74 Å². The standard InChI is InChI=1S/C19H18ClN3O2.ClH/c1-4-25-19(24)15-10-21-18-14(8-6-12(3)22-18)17(15)23-16-9-13(20)7-5-11(16)2;/h5-10H,4H2,1-3H3,(H,21,22,23);1H. The fourth-order valence-electron chi connectivity index (χ4n) is 2.53. The van der Waals surface area contributed by atoms with E-state index in [-0.39, 0.29) is 12.4 Å². The molecule has 0 aliphatic heterocycles. The summed E-state index contributed by atoms with van der Waals surface area (Å²) in [6, 6.07) is 9.34. The molecule has 0 atom stereocenters. The number of fused-ring (bicyclic) bond motifs is 1. The van der Waals surface area contributed by atoms with Crippen molar-refractivity contribution in [1.29, 1.82) is 0 Å². The first kappa shape index (κ1) is 19.9. The molecular weight excluding hydrogens is 373 g/mol. The largest absolute Gasteiger partial charge is 0.462 e. The summed E-state index contributed by atoms with van der Waals surface area (Å²) in [6.07, 6.45) is 1.50. The van der Waals surface area contributed by atoms with Crippen LogP contribution >= 0.6 is 24.0 Å². The second-order valence-electron chi connectivity index (χ2n) is 5.68. The van der Waals surface area contributed by atoms with Crippen molar-refractivity contribution in [3.63, 3.8) is 0 Å². The molecule has 136 valence electrons. The zero-order chi connectivity index (χ0) is 18.0. The minimum atomic E-state index is -0.431. The monoisotopic (exact) mass is 391 g/mol. The molecular formula is C19H19Cl2N3O2. The van der Waals surface area contributed by atoms with Gasteiger partial charge in [0.1, 0.15) is 5.56 Å². The minimum Gasteiger partial charge on any atom is -0.462 e. The van der Waals surface area contributed by atoms with Gasteiger partial charge in [-0.25, -0.2) is 14.8 Å². The highest BCUT2D eigenvalue weighted by molar-refractivity contribution is 6.31. The maximum Gasteiger partial charge on any atom is 0.341 e. The normalized spacial score (nSPS) is 10.3. The number of carbonyl (C=O) groups excluding carboxylic acids is 1. The molecule has 3 rings (SSSR count). The number of hydrogen-bond acceptors (Lipinski definition) is 5. The fourth-order valence-corrected chi connectivity index (χ4v) is 2.71. The van der Waals surface area contributed by atoms with Crippen LogP contribution in [0, 0.1) is 13.8 Å². The Morgan fingerprint density at radius 2 is 2.00 bits per heavy atom. The molecule has 7 heteroatoms. The van der Waals surface area contributed by atoms with E-state index in [0.29, 0.717) is 28.5 Å². The molecule has 0 saturated heterocycles. The summed E-state index contributed by atoms with van der Waals surface area (Å²) < 4.78 is 5.17. The summed E-state index contributed by atoms with van der Waals surface area (Å²) in [5, 5.41) is 4.67. The molecule has 5 nitrogen and oxygen atoms in total. The van der Waals surface area contributed by atoms with Gasteiger partial charge in [-0.15, -0.1) is 12.4 Å². The van der Waals surface area contributed by atoms with Gasteiger partial charge in [0.15, 0.2) is 5.65 Å². The van der Waals surface area contributed by atoms with E-state index < -0.39 is 5.97 Å². The first-order chi connectivity index (χ1) is 12.0. The molecule has 0 amide bonds. The maximum absolute atomic E-state index is 12.4. The number of aromatic nitrogens is 2. The zero-order valence-corrected chi connectivity index (χ0v) is 16.2. The van der Waals surface area contributed by atoms with Crippen molar-refractivity contribution >= 4 is 52.4 Å². The number of rotatable bonds is 4. The highest BCUT2D eigenvalue weighted by Crippen LogP contribution is 2.31. The van der Waals surface area contributed by atoms with Crippen molar-refractivity contribution in [2.45, 2.75) is 20.8 Å². The Kier molecular flexibility index (Phi) is 6.40. The molecule has 1 N–H and O–H groups in total. The summed E-state index contributed by atoms with van der Waals surface area (Å²) in [5.74, 6) is -0.431. The van der Waals surface area contributed by atoms with Gasteiger partial charge in [-0.1, -0.05) is 17.7 Å². The van der Waals surface area contributed by atoms with E-state index in [1.165, 1.54) is 6.20 Å². The molecule has 0 aliphatic rings. The third-order valence-corrected chi connectivity index (χ3v) is 4.06. The van der Waals surface area contributed by atoms with E-state index in [1.54, 1.807) is 6.92 Å². The van der Waals surface area contributed by atoms with Crippen LogP contribution in [0.15, 0.2) is 36.5 Å². The van der Waals surface area contributed by atoms with E-state index >= 15 is 0 Å². The number of aryl methyl sites for hydroxylation is 2. The van der Waals surface area contributed by atoms with Crippen LogP contribution in [0.4, 0.5) is 11.4 Å². The van der Waals surface area contributed by atoms with E-state index in [9.17, 15) is 4.79 Å². The van der Waals surface area contributed by atoms with Crippen molar-refractivity contribution in [3.05, 3.63) is 58.4 Å². The van der Waals surface area contributed by atoms with Gasteiger partial charge in [0.25, 0.3) is 0 Å². The summed E-state index contributed by atoms with van der Waals surface area (Å²) in [4.78, 5) is 21.1. The smallest absolute Gasteiger partial charge is 0.341 e. The number of carbonyl (C=O) groups is 1. The summed E-state index contributed by atoms with van der Waals surface area (Å²) in [6.45, 7) is 5.92. The fraction of sp³-hybridized carbons (Fsp3) is 0.211. The van der Waals surface area contributed by atoms with Gasteiger partial charge in [0.2, 0.25) is 0 Å². The lowest BCUT2D eigenvalue weighted by Gasteiger charge is -2.15. The summed E-state index contributed by atoms with van der Waals surface area (Å²) >= 11 is 6.12. The van der Waals surface area contributed by atoms with Crippen molar-refractivity contribution in [2.75, 3.05) is 11.9 Å². The number of anilines is 2. The van der Waals surface area contributed by atoms with E-state index in [2.05, 4.69) is 15.3 Å². The van der Waals surface area contributed by atoms with Crippen LogP contribution in [0.5, 0.6) is 0 Å². The summed E-state index contributed by atoms with van der Waals surface area (Å²) in [5.41, 5.74) is 4.21. The minimum absolute atomic E-state index is 0. The average molecular weight is 392 g/mol. The Labute approximate surface area is 163 Å². The predicted molar refractivity (Wildman–Crippen MR) is 107 cm³/mol. The first-order valence-corrected chi connectivity index (χ1v) is 8.34. The molecule has 0 aliphatic carbocycles. The van der Waals surface area contributed by atoms with Gasteiger partial charge >= 0.3 is 5.97 Å². The number of pyridine rings is 2. The van der Waals surface area contributed by atoms with Crippen LogP contribution in [0.1, 0.15) is 28.5 Å². The third kappa shape index (κ3) is 4.06. The lowest BCUT2D eigenvalue weighted by atomic mass is 10.1. The Bertz CT molecular complexity index is 961. The van der Waals surface area contributed by atoms with Gasteiger partial charge in [-0.05, 0) is 50.6 Å². The molecule has 1 aromatic carbocycles. The molecule has 0 saturated carbocycles. The number of benzene rings is 1. The van der Waals surface area contributed by atoms with E-state index in [1.807, 2.05) is 44.2 Å². The van der Waals surface area contributed by atoms with Crippen molar-refractivity contribution in [1.82, 2.24) is 9.97 Å². The second-order valence-corrected chi connectivity index (χ2v) is 6.11. The van der Waals surface area contributed by atoms with Gasteiger partial charge in [-0.2, -0.15) is 0 Å². The van der Waals surface area contributed by atoms with Crippen LogP contribution in [0.25, 0.3) is 11.0 Å². The number of halogens is 2. The van der Waals surface area contributed by atoms with Gasteiger partial charge in [0, 0.05) is 28.0 Å². The Balaban J connectivity index is 0.00000243. The van der Waals surface area contributed by atoms with Gasteiger partial charge in [0.05, 0.1) is 12.3 Å². The summed E-state index contributed by atoms with van der Waals surface area (Å²) in [7, 11) is 0. The van der Waals surface area contributed by atoms with Gasteiger partial charge < -0.3 is 10.1 Å². The number of ether oxygens (including phenoxy) is 1. The molecule has 0 unspecified atom stereocenters. The lowest BCUT2D eigenvalue weighted by molar-refractivity contribution is 0.0527. The molecule has 0 spiro atoms. The Morgan fingerprint density at radius 3 is 2.73 bits per heavy atom. The highest BCUT2D eigenvalue weighted by Gasteiger charge is 2.18. The average Bonchev–Trinajstić information content (AvgIpc) is 2.58. The molecule has 3 aromatic rings. The molecule has 26 heavy (non-hydrogen) atoms. The third-order valence-electron chi connectivity index (χ3n) is 3.82. The van der Waals surface area contributed by atoms with E-state index in [0.717, 1.165) is 22.3 Å². The van der Waals surface area contributed by atoms with Crippen LogP contribution in [-0.4, -0.2) is 22.5 Å². The van der Waals surface area contributed by atoms with Crippen LogP contribution in [0.3, 0.4) is 0 Å². The number of hydrogen-bond donors (Lipinski definition) is 1. The maximum atomic E-state index is 12.4. The number of nitrogens with zero attached hydrogens (tertiary/aromatic N) is 2. The molecule has 0 fully saturated rings. The lowest BCUT2D eigenvalue weighted by Crippen LogP contribution is -2.10. The number of nitrogens with one attached hydrogen (secondary N) is 1. The van der Waals surface area contributed by atoms with Crippen molar-refractivity contribution < 1.29 is 9.53 Å². The van der Waals surface area contributed by atoms with Crippen LogP contribution in [0.2, 0.25) is 5.02 Å². The molecule has 2 heterocycles. The van der Waals surface area contributed by atoms with Crippen LogP contribution < -0.4 is 5.32 Å². The van der Waals surface area contributed by atoms with Gasteiger partial charge in [-0.3, -0.25) is 0 Å².